The second-order valence-electron chi connectivity index (χ2n) is 4.40. The quantitative estimate of drug-likeness (QED) is 0.606. The Labute approximate surface area is 106 Å². The molecule has 0 aromatic heterocycles. The first-order valence-corrected chi connectivity index (χ1v) is 6.86. The molecule has 1 unspecified atom stereocenters. The number of nitrogens with one attached hydrogen (secondary N) is 2. The monoisotopic (exact) mass is 243 g/mol. The fourth-order valence-electron chi connectivity index (χ4n) is 1.79. The van der Waals surface area contributed by atoms with Crippen LogP contribution in [0.1, 0.15) is 40.5 Å². The van der Waals surface area contributed by atoms with Crippen LogP contribution >= 0.6 is 0 Å². The van der Waals surface area contributed by atoms with Gasteiger partial charge in [-0.3, -0.25) is 4.79 Å². The van der Waals surface area contributed by atoms with Crippen molar-refractivity contribution in [3.05, 3.63) is 0 Å². The fourth-order valence-corrected chi connectivity index (χ4v) is 1.79. The molecule has 0 rings (SSSR count). The summed E-state index contributed by atoms with van der Waals surface area (Å²) in [5, 5.41) is 6.03. The van der Waals surface area contributed by atoms with Gasteiger partial charge in [0.2, 0.25) is 5.91 Å². The van der Waals surface area contributed by atoms with Crippen molar-refractivity contribution < 1.29 is 4.79 Å². The topological polar surface area (TPSA) is 44.4 Å². The second-order valence-corrected chi connectivity index (χ2v) is 4.40. The molecule has 0 aromatic carbocycles. The van der Waals surface area contributed by atoms with E-state index in [4.69, 9.17) is 0 Å². The van der Waals surface area contributed by atoms with Gasteiger partial charge in [-0.1, -0.05) is 13.8 Å². The van der Waals surface area contributed by atoms with Gasteiger partial charge in [0.05, 0.1) is 6.54 Å². The lowest BCUT2D eigenvalue weighted by Gasteiger charge is -2.19. The van der Waals surface area contributed by atoms with Crippen LogP contribution in [0.25, 0.3) is 0 Å². The van der Waals surface area contributed by atoms with Crippen LogP contribution in [-0.2, 0) is 4.79 Å². The van der Waals surface area contributed by atoms with Gasteiger partial charge in [-0.25, -0.2) is 0 Å². The van der Waals surface area contributed by atoms with Crippen LogP contribution in [0.4, 0.5) is 0 Å². The Morgan fingerprint density at radius 1 is 1.24 bits per heavy atom. The molecule has 4 nitrogen and oxygen atoms in total. The lowest BCUT2D eigenvalue weighted by atomic mass is 10.1. The molecule has 0 aliphatic heterocycles. The van der Waals surface area contributed by atoms with Crippen molar-refractivity contribution in [1.29, 1.82) is 0 Å². The highest BCUT2D eigenvalue weighted by Gasteiger charge is 2.05. The minimum absolute atomic E-state index is 0.0862. The van der Waals surface area contributed by atoms with Crippen LogP contribution < -0.4 is 10.6 Å². The molecule has 0 aliphatic carbocycles. The first-order valence-electron chi connectivity index (χ1n) is 6.86. The summed E-state index contributed by atoms with van der Waals surface area (Å²) in [5.41, 5.74) is 0. The zero-order valence-corrected chi connectivity index (χ0v) is 11.9. The van der Waals surface area contributed by atoms with Gasteiger partial charge in [-0.2, -0.15) is 0 Å². The van der Waals surface area contributed by atoms with Crippen molar-refractivity contribution in [3.63, 3.8) is 0 Å². The van der Waals surface area contributed by atoms with E-state index < -0.39 is 0 Å². The fraction of sp³-hybridized carbons (Fsp3) is 0.923. The molecule has 17 heavy (non-hydrogen) atoms. The van der Waals surface area contributed by atoms with Gasteiger partial charge in [-0.15, -0.1) is 0 Å². The molecule has 0 heterocycles. The molecule has 0 aliphatic rings. The molecule has 2 N–H and O–H groups in total. The number of hydrogen-bond donors (Lipinski definition) is 2. The van der Waals surface area contributed by atoms with Crippen molar-refractivity contribution in [2.75, 3.05) is 32.7 Å². The molecule has 0 saturated carbocycles. The molecule has 1 amide bonds. The average molecular weight is 243 g/mol. The van der Waals surface area contributed by atoms with Crippen molar-refractivity contribution in [1.82, 2.24) is 15.5 Å². The molecule has 0 spiro atoms. The maximum atomic E-state index is 11.2. The van der Waals surface area contributed by atoms with E-state index in [9.17, 15) is 4.79 Å². The average Bonchev–Trinajstić information content (AvgIpc) is 2.32. The number of likely N-dealkylation sites (N-methyl/N-ethyl adjacent to an activating group) is 1. The number of rotatable bonds is 10. The Balaban J connectivity index is 3.52. The zero-order valence-electron chi connectivity index (χ0n) is 11.9. The predicted octanol–water partition coefficient (Wildman–Crippen LogP) is 1.22. The highest BCUT2D eigenvalue weighted by molar-refractivity contribution is 5.77. The number of carbonyl (C=O) groups excluding carboxylic acids is 1. The number of hydrogen-bond acceptors (Lipinski definition) is 3. The highest BCUT2D eigenvalue weighted by Crippen LogP contribution is 1.99. The third-order valence-corrected chi connectivity index (χ3v) is 2.99. The molecule has 0 radical (unpaired) electrons. The maximum Gasteiger partial charge on any atom is 0.233 e. The zero-order chi connectivity index (χ0) is 13.1. The molecule has 4 heteroatoms. The third kappa shape index (κ3) is 9.12. The van der Waals surface area contributed by atoms with E-state index in [-0.39, 0.29) is 5.91 Å². The van der Waals surface area contributed by atoms with Gasteiger partial charge in [0.15, 0.2) is 0 Å². The number of nitrogens with zero attached hydrogens (tertiary/aromatic N) is 1. The van der Waals surface area contributed by atoms with E-state index >= 15 is 0 Å². The lowest BCUT2D eigenvalue weighted by Crippen LogP contribution is -2.38. The number of amides is 1. The van der Waals surface area contributed by atoms with Gasteiger partial charge in [0, 0.05) is 12.6 Å². The summed E-state index contributed by atoms with van der Waals surface area (Å²) >= 11 is 0. The molecule has 0 saturated heterocycles. The summed E-state index contributed by atoms with van der Waals surface area (Å²) in [7, 11) is 0. The Kier molecular flexibility index (Phi) is 10.2. The molecule has 0 fully saturated rings. The van der Waals surface area contributed by atoms with Gasteiger partial charge < -0.3 is 15.5 Å². The second kappa shape index (κ2) is 10.5. The van der Waals surface area contributed by atoms with Gasteiger partial charge in [-0.05, 0) is 46.3 Å². The smallest absolute Gasteiger partial charge is 0.233 e. The number of carbonyl (C=O) groups is 1. The Morgan fingerprint density at radius 2 is 1.88 bits per heavy atom. The Bertz CT molecular complexity index is 193. The molecule has 0 bridgehead atoms. The first-order chi connectivity index (χ1) is 8.13. The van der Waals surface area contributed by atoms with Gasteiger partial charge in [0.25, 0.3) is 0 Å². The Hall–Kier alpha value is -0.610. The van der Waals surface area contributed by atoms with Crippen LogP contribution in [0.15, 0.2) is 0 Å². The summed E-state index contributed by atoms with van der Waals surface area (Å²) in [6, 6.07) is 0.410. The summed E-state index contributed by atoms with van der Waals surface area (Å²) in [4.78, 5) is 13.7. The Morgan fingerprint density at radius 3 is 2.41 bits per heavy atom. The van der Waals surface area contributed by atoms with Gasteiger partial charge >= 0.3 is 0 Å². The third-order valence-electron chi connectivity index (χ3n) is 2.99. The normalized spacial score (nSPS) is 12.8. The van der Waals surface area contributed by atoms with Crippen molar-refractivity contribution in [3.8, 4) is 0 Å². The van der Waals surface area contributed by atoms with Crippen LogP contribution in [-0.4, -0.2) is 49.6 Å². The van der Waals surface area contributed by atoms with E-state index in [1.807, 2.05) is 6.92 Å². The molecule has 102 valence electrons. The van der Waals surface area contributed by atoms with E-state index in [1.165, 1.54) is 6.42 Å². The van der Waals surface area contributed by atoms with E-state index in [1.54, 1.807) is 0 Å². The van der Waals surface area contributed by atoms with Crippen LogP contribution in [0.3, 0.4) is 0 Å². The van der Waals surface area contributed by atoms with Crippen LogP contribution in [0, 0.1) is 0 Å². The predicted molar refractivity (Wildman–Crippen MR) is 73.2 cm³/mol. The summed E-state index contributed by atoms with van der Waals surface area (Å²) in [6.07, 6.45) is 2.31. The summed E-state index contributed by atoms with van der Waals surface area (Å²) < 4.78 is 0. The lowest BCUT2D eigenvalue weighted by molar-refractivity contribution is -0.120. The highest BCUT2D eigenvalue weighted by atomic mass is 16.1. The summed E-state index contributed by atoms with van der Waals surface area (Å²) in [5.74, 6) is 0.0862. The van der Waals surface area contributed by atoms with Crippen molar-refractivity contribution >= 4 is 5.91 Å². The summed E-state index contributed by atoms with van der Waals surface area (Å²) in [6.45, 7) is 13.0. The van der Waals surface area contributed by atoms with Crippen molar-refractivity contribution in [2.45, 2.75) is 46.6 Å². The molecular weight excluding hydrogens is 214 g/mol. The van der Waals surface area contributed by atoms with Crippen molar-refractivity contribution in [2.24, 2.45) is 0 Å². The van der Waals surface area contributed by atoms with Crippen LogP contribution in [0.5, 0.6) is 0 Å². The van der Waals surface area contributed by atoms with E-state index in [0.717, 1.165) is 26.1 Å². The standard InChI is InChI=1S/C13H29N3O/c1-5-14-13(17)11-15-12(4)9-8-10-16(6-2)7-3/h12,15H,5-11H2,1-4H3,(H,14,17). The van der Waals surface area contributed by atoms with Crippen LogP contribution in [0.2, 0.25) is 0 Å². The molecule has 1 atom stereocenters. The minimum Gasteiger partial charge on any atom is -0.355 e. The van der Waals surface area contributed by atoms with E-state index in [2.05, 4.69) is 36.3 Å². The first kappa shape index (κ1) is 16.4. The SMILES string of the molecule is CCNC(=O)CNC(C)CCCN(CC)CC. The molecule has 0 aromatic rings. The minimum atomic E-state index is 0.0862. The largest absolute Gasteiger partial charge is 0.355 e. The molecular formula is C13H29N3O. The maximum absolute atomic E-state index is 11.2. The van der Waals surface area contributed by atoms with E-state index in [0.29, 0.717) is 19.1 Å². The van der Waals surface area contributed by atoms with Gasteiger partial charge in [0.1, 0.15) is 0 Å².